The predicted molar refractivity (Wildman–Crippen MR) is 88.7 cm³/mol. The summed E-state index contributed by atoms with van der Waals surface area (Å²) < 4.78 is 0. The third kappa shape index (κ3) is 4.03. The van der Waals surface area contributed by atoms with E-state index in [1.165, 1.54) is 16.7 Å². The van der Waals surface area contributed by atoms with Gasteiger partial charge in [0.25, 0.3) is 0 Å². The van der Waals surface area contributed by atoms with E-state index in [0.29, 0.717) is 6.04 Å². The van der Waals surface area contributed by atoms with Crippen molar-refractivity contribution in [1.29, 1.82) is 0 Å². The minimum Gasteiger partial charge on any atom is -0.314 e. The molecule has 21 heavy (non-hydrogen) atoms. The summed E-state index contributed by atoms with van der Waals surface area (Å²) in [6.45, 7) is 6.32. The van der Waals surface area contributed by atoms with Gasteiger partial charge in [-0.05, 0) is 30.2 Å². The van der Waals surface area contributed by atoms with Crippen molar-refractivity contribution in [2.75, 3.05) is 19.6 Å². The van der Waals surface area contributed by atoms with Crippen LogP contribution in [0.25, 0.3) is 0 Å². The fraction of sp³-hybridized carbons (Fsp3) is 0.353. The number of hydrogen-bond donors (Lipinski definition) is 1. The molecule has 3 rings (SSSR count). The zero-order chi connectivity index (χ0) is 13.8. The van der Waals surface area contributed by atoms with E-state index in [2.05, 4.69) is 58.5 Å². The van der Waals surface area contributed by atoms with Gasteiger partial charge in [-0.1, -0.05) is 29.8 Å². The van der Waals surface area contributed by atoms with Gasteiger partial charge in [0, 0.05) is 44.6 Å². The molecule has 0 radical (unpaired) electrons. The van der Waals surface area contributed by atoms with Gasteiger partial charge in [-0.2, -0.15) is 0 Å². The summed E-state index contributed by atoms with van der Waals surface area (Å²) in [5, 5.41) is 3.50. The van der Waals surface area contributed by atoms with Gasteiger partial charge >= 0.3 is 0 Å². The van der Waals surface area contributed by atoms with E-state index in [9.17, 15) is 0 Å². The lowest BCUT2D eigenvalue weighted by atomic mass is 10.0. The highest BCUT2D eigenvalue weighted by Gasteiger charge is 2.23. The summed E-state index contributed by atoms with van der Waals surface area (Å²) in [5.74, 6) is 0. The Morgan fingerprint density at radius 1 is 1.24 bits per heavy atom. The van der Waals surface area contributed by atoms with E-state index in [0.717, 1.165) is 26.2 Å². The third-order valence-corrected chi connectivity index (χ3v) is 3.91. The number of nitrogens with one attached hydrogen (secondary N) is 1. The molecule has 1 aromatic heterocycles. The van der Waals surface area contributed by atoms with Gasteiger partial charge in [-0.3, -0.25) is 9.88 Å². The molecule has 0 saturated carbocycles. The lowest BCUT2D eigenvalue weighted by Gasteiger charge is -2.36. The second kappa shape index (κ2) is 7.55. The van der Waals surface area contributed by atoms with E-state index in [-0.39, 0.29) is 12.4 Å². The summed E-state index contributed by atoms with van der Waals surface area (Å²) in [6, 6.07) is 13.5. The molecule has 0 aliphatic carbocycles. The second-order valence-corrected chi connectivity index (χ2v) is 5.46. The molecule has 2 aromatic rings. The van der Waals surface area contributed by atoms with Crippen LogP contribution < -0.4 is 5.32 Å². The van der Waals surface area contributed by atoms with Crippen LogP contribution in [0.15, 0.2) is 48.8 Å². The molecule has 1 aliphatic heterocycles. The number of halogens is 1. The van der Waals surface area contributed by atoms with Gasteiger partial charge in [0.05, 0.1) is 0 Å². The molecule has 1 unspecified atom stereocenters. The monoisotopic (exact) mass is 303 g/mol. The Bertz CT molecular complexity index is 559. The Kier molecular flexibility index (Phi) is 5.74. The number of hydrogen-bond acceptors (Lipinski definition) is 3. The Balaban J connectivity index is 0.00000161. The highest BCUT2D eigenvalue weighted by atomic mass is 35.5. The number of rotatable bonds is 3. The first kappa shape index (κ1) is 16.0. The van der Waals surface area contributed by atoms with Crippen molar-refractivity contribution in [3.63, 3.8) is 0 Å². The van der Waals surface area contributed by atoms with Crippen LogP contribution in [0.2, 0.25) is 0 Å². The second-order valence-electron chi connectivity index (χ2n) is 5.46. The summed E-state index contributed by atoms with van der Waals surface area (Å²) >= 11 is 0. The molecule has 112 valence electrons. The number of nitrogens with zero attached hydrogens (tertiary/aromatic N) is 2. The van der Waals surface area contributed by atoms with Crippen LogP contribution in [0.4, 0.5) is 0 Å². The minimum absolute atomic E-state index is 0. The highest BCUT2D eigenvalue weighted by Crippen LogP contribution is 2.23. The van der Waals surface area contributed by atoms with Crippen molar-refractivity contribution < 1.29 is 0 Å². The molecule has 1 saturated heterocycles. The SMILES string of the molecule is Cc1cccc(CN2CCNCC2c2ccncc2)c1.Cl. The molecule has 1 aromatic carbocycles. The fourth-order valence-corrected chi connectivity index (χ4v) is 2.89. The molecule has 0 amide bonds. The van der Waals surface area contributed by atoms with E-state index >= 15 is 0 Å². The van der Waals surface area contributed by atoms with Gasteiger partial charge < -0.3 is 5.32 Å². The van der Waals surface area contributed by atoms with E-state index < -0.39 is 0 Å². The molecule has 1 N–H and O–H groups in total. The minimum atomic E-state index is 0. The third-order valence-electron chi connectivity index (χ3n) is 3.91. The van der Waals surface area contributed by atoms with E-state index in [1.54, 1.807) is 0 Å². The maximum absolute atomic E-state index is 4.12. The topological polar surface area (TPSA) is 28.2 Å². The molecule has 2 heterocycles. The van der Waals surface area contributed by atoms with Gasteiger partial charge in [0.15, 0.2) is 0 Å². The van der Waals surface area contributed by atoms with Crippen LogP contribution in [-0.2, 0) is 6.54 Å². The van der Waals surface area contributed by atoms with Crippen molar-refractivity contribution in [3.05, 3.63) is 65.5 Å². The van der Waals surface area contributed by atoms with Crippen LogP contribution in [0.3, 0.4) is 0 Å². The van der Waals surface area contributed by atoms with E-state index in [1.807, 2.05) is 12.4 Å². The number of benzene rings is 1. The molecule has 4 heteroatoms. The average molecular weight is 304 g/mol. The highest BCUT2D eigenvalue weighted by molar-refractivity contribution is 5.85. The zero-order valence-electron chi connectivity index (χ0n) is 12.3. The standard InChI is InChI=1S/C17H21N3.ClH/c1-14-3-2-4-15(11-14)13-20-10-9-19-12-17(20)16-5-7-18-8-6-16;/h2-8,11,17,19H,9-10,12-13H2,1H3;1H. The average Bonchev–Trinajstić information content (AvgIpc) is 2.49. The molecule has 1 atom stereocenters. The summed E-state index contributed by atoms with van der Waals surface area (Å²) in [4.78, 5) is 6.68. The first-order valence-corrected chi connectivity index (χ1v) is 7.23. The molecular weight excluding hydrogens is 282 g/mol. The molecule has 1 fully saturated rings. The number of pyridine rings is 1. The molecule has 0 spiro atoms. The van der Waals surface area contributed by atoms with Crippen molar-refractivity contribution >= 4 is 12.4 Å². The molecule has 1 aliphatic rings. The van der Waals surface area contributed by atoms with Crippen molar-refractivity contribution in [1.82, 2.24) is 15.2 Å². The lowest BCUT2D eigenvalue weighted by Crippen LogP contribution is -2.45. The van der Waals surface area contributed by atoms with Crippen LogP contribution in [0, 0.1) is 6.92 Å². The quantitative estimate of drug-likeness (QED) is 0.945. The Morgan fingerprint density at radius 3 is 2.81 bits per heavy atom. The summed E-state index contributed by atoms with van der Waals surface area (Å²) in [5.41, 5.74) is 4.07. The largest absolute Gasteiger partial charge is 0.314 e. The van der Waals surface area contributed by atoms with Gasteiger partial charge in [0.1, 0.15) is 0 Å². The van der Waals surface area contributed by atoms with Gasteiger partial charge in [0.2, 0.25) is 0 Å². The van der Waals surface area contributed by atoms with Crippen LogP contribution in [-0.4, -0.2) is 29.5 Å². The molecular formula is C17H22ClN3. The Morgan fingerprint density at radius 2 is 2.05 bits per heavy atom. The zero-order valence-corrected chi connectivity index (χ0v) is 13.1. The van der Waals surface area contributed by atoms with Gasteiger partial charge in [-0.15, -0.1) is 12.4 Å². The van der Waals surface area contributed by atoms with Crippen LogP contribution in [0.5, 0.6) is 0 Å². The van der Waals surface area contributed by atoms with Crippen molar-refractivity contribution in [3.8, 4) is 0 Å². The first-order chi connectivity index (χ1) is 9.83. The maximum Gasteiger partial charge on any atom is 0.0477 e. The van der Waals surface area contributed by atoms with E-state index in [4.69, 9.17) is 0 Å². The summed E-state index contributed by atoms with van der Waals surface area (Å²) in [6.07, 6.45) is 3.77. The van der Waals surface area contributed by atoms with Crippen LogP contribution in [0.1, 0.15) is 22.7 Å². The predicted octanol–water partition coefficient (Wildman–Crippen LogP) is 2.96. The van der Waals surface area contributed by atoms with Crippen molar-refractivity contribution in [2.24, 2.45) is 0 Å². The van der Waals surface area contributed by atoms with Crippen LogP contribution >= 0.6 is 12.4 Å². The van der Waals surface area contributed by atoms with Crippen molar-refractivity contribution in [2.45, 2.75) is 19.5 Å². The fourth-order valence-electron chi connectivity index (χ4n) is 2.89. The Hall–Kier alpha value is -1.42. The molecule has 0 bridgehead atoms. The normalized spacial score (nSPS) is 19.0. The number of aromatic nitrogens is 1. The lowest BCUT2D eigenvalue weighted by molar-refractivity contribution is 0.153. The number of piperazine rings is 1. The smallest absolute Gasteiger partial charge is 0.0477 e. The maximum atomic E-state index is 4.12. The Labute approximate surface area is 132 Å². The van der Waals surface area contributed by atoms with Gasteiger partial charge in [-0.25, -0.2) is 0 Å². The summed E-state index contributed by atoms with van der Waals surface area (Å²) in [7, 11) is 0. The number of aryl methyl sites for hydroxylation is 1. The first-order valence-electron chi connectivity index (χ1n) is 7.23. The molecule has 3 nitrogen and oxygen atoms in total.